The van der Waals surface area contributed by atoms with Gasteiger partial charge >= 0.3 is 5.97 Å². The maximum atomic E-state index is 11.8. The number of carbonyl (C=O) groups is 1. The van der Waals surface area contributed by atoms with Crippen molar-refractivity contribution in [2.75, 3.05) is 19.8 Å². The van der Waals surface area contributed by atoms with Crippen LogP contribution in [0.1, 0.15) is 78.1 Å². The molecule has 0 atom stereocenters. The van der Waals surface area contributed by atoms with Crippen LogP contribution in [0.2, 0.25) is 0 Å². The van der Waals surface area contributed by atoms with Gasteiger partial charge in [-0.25, -0.2) is 9.97 Å². The SMILES string of the molecule is CCCCCCOCCCCOc1cnc(-c2ccc(OC(=O)CCCCC)cc2)nc1. The number of hydrogen-bond donors (Lipinski definition) is 0. The molecule has 1 heterocycles. The van der Waals surface area contributed by atoms with Gasteiger partial charge in [0.25, 0.3) is 0 Å². The van der Waals surface area contributed by atoms with Crippen molar-refractivity contribution in [1.82, 2.24) is 9.97 Å². The summed E-state index contributed by atoms with van der Waals surface area (Å²) in [6.07, 6.45) is 13.7. The molecular weight excluding hydrogens is 404 g/mol. The molecular formula is C26H38N2O4. The predicted molar refractivity (Wildman–Crippen MR) is 127 cm³/mol. The third-order valence-corrected chi connectivity index (χ3v) is 5.05. The molecule has 32 heavy (non-hydrogen) atoms. The molecule has 0 aliphatic heterocycles. The minimum Gasteiger partial charge on any atom is -0.490 e. The number of benzene rings is 1. The summed E-state index contributed by atoms with van der Waals surface area (Å²) < 4.78 is 16.7. The molecule has 0 aliphatic rings. The van der Waals surface area contributed by atoms with Crippen molar-refractivity contribution in [1.29, 1.82) is 0 Å². The van der Waals surface area contributed by atoms with Gasteiger partial charge < -0.3 is 14.2 Å². The van der Waals surface area contributed by atoms with E-state index in [0.29, 0.717) is 30.4 Å². The molecule has 0 unspecified atom stereocenters. The molecule has 6 heteroatoms. The van der Waals surface area contributed by atoms with Gasteiger partial charge in [0, 0.05) is 25.2 Å². The lowest BCUT2D eigenvalue weighted by Gasteiger charge is -2.08. The minimum atomic E-state index is -0.192. The first-order valence-corrected chi connectivity index (χ1v) is 12.1. The number of nitrogens with zero attached hydrogens (tertiary/aromatic N) is 2. The largest absolute Gasteiger partial charge is 0.490 e. The maximum Gasteiger partial charge on any atom is 0.311 e. The highest BCUT2D eigenvalue weighted by Crippen LogP contribution is 2.21. The molecule has 1 aromatic heterocycles. The van der Waals surface area contributed by atoms with E-state index in [9.17, 15) is 4.79 Å². The average Bonchev–Trinajstić information content (AvgIpc) is 2.81. The summed E-state index contributed by atoms with van der Waals surface area (Å²) in [7, 11) is 0. The van der Waals surface area contributed by atoms with Crippen molar-refractivity contribution in [3.05, 3.63) is 36.7 Å². The Hall–Kier alpha value is -2.47. The van der Waals surface area contributed by atoms with Gasteiger partial charge in [0.05, 0.1) is 19.0 Å². The highest BCUT2D eigenvalue weighted by Gasteiger charge is 2.07. The van der Waals surface area contributed by atoms with Gasteiger partial charge in [0.2, 0.25) is 0 Å². The lowest BCUT2D eigenvalue weighted by molar-refractivity contribution is -0.134. The van der Waals surface area contributed by atoms with Crippen molar-refractivity contribution in [2.24, 2.45) is 0 Å². The fourth-order valence-corrected chi connectivity index (χ4v) is 3.14. The molecule has 0 saturated carbocycles. The third kappa shape index (κ3) is 10.7. The van der Waals surface area contributed by atoms with E-state index < -0.39 is 0 Å². The van der Waals surface area contributed by atoms with Gasteiger partial charge in [-0.3, -0.25) is 4.79 Å². The lowest BCUT2D eigenvalue weighted by Crippen LogP contribution is -2.07. The highest BCUT2D eigenvalue weighted by molar-refractivity contribution is 5.72. The topological polar surface area (TPSA) is 70.5 Å². The second-order valence-electron chi connectivity index (χ2n) is 7.93. The van der Waals surface area contributed by atoms with E-state index >= 15 is 0 Å². The molecule has 176 valence electrons. The summed E-state index contributed by atoms with van der Waals surface area (Å²) >= 11 is 0. The van der Waals surface area contributed by atoms with Crippen LogP contribution in [0.15, 0.2) is 36.7 Å². The number of aromatic nitrogens is 2. The molecule has 0 fully saturated rings. The fraction of sp³-hybridized carbons (Fsp3) is 0.577. The Labute approximate surface area is 192 Å². The quantitative estimate of drug-likeness (QED) is 0.161. The molecule has 0 amide bonds. The molecule has 0 radical (unpaired) electrons. The Morgan fingerprint density at radius 3 is 2.06 bits per heavy atom. The molecule has 0 bridgehead atoms. The standard InChI is InChI=1S/C26H38N2O4/c1-3-5-7-9-17-30-18-10-11-19-31-24-20-27-26(28-21-24)22-13-15-23(16-14-22)32-25(29)12-8-6-4-2/h13-16,20-21H,3-12,17-19H2,1-2H3. The molecule has 1 aromatic carbocycles. The second kappa shape index (κ2) is 16.2. The van der Waals surface area contributed by atoms with Crippen LogP contribution in [0.3, 0.4) is 0 Å². The smallest absolute Gasteiger partial charge is 0.311 e. The first-order chi connectivity index (χ1) is 15.7. The summed E-state index contributed by atoms with van der Waals surface area (Å²) in [6, 6.07) is 7.25. The third-order valence-electron chi connectivity index (χ3n) is 5.05. The Morgan fingerprint density at radius 1 is 0.750 bits per heavy atom. The first kappa shape index (κ1) is 25.8. The van der Waals surface area contributed by atoms with E-state index in [0.717, 1.165) is 57.3 Å². The van der Waals surface area contributed by atoms with Crippen LogP contribution in [0.25, 0.3) is 11.4 Å². The zero-order valence-electron chi connectivity index (χ0n) is 19.7. The van der Waals surface area contributed by atoms with Crippen LogP contribution in [-0.2, 0) is 9.53 Å². The molecule has 0 aliphatic carbocycles. The molecule has 0 spiro atoms. The molecule has 6 nitrogen and oxygen atoms in total. The van der Waals surface area contributed by atoms with E-state index in [1.807, 2.05) is 12.1 Å². The number of esters is 1. The van der Waals surface area contributed by atoms with Crippen molar-refractivity contribution in [3.8, 4) is 22.9 Å². The van der Waals surface area contributed by atoms with Crippen LogP contribution >= 0.6 is 0 Å². The Bertz CT molecular complexity index is 747. The van der Waals surface area contributed by atoms with E-state index in [1.54, 1.807) is 24.5 Å². The second-order valence-corrected chi connectivity index (χ2v) is 7.93. The Kier molecular flexibility index (Phi) is 13.1. The zero-order chi connectivity index (χ0) is 22.9. The monoisotopic (exact) mass is 442 g/mol. The number of unbranched alkanes of at least 4 members (excludes halogenated alkanes) is 6. The molecule has 0 saturated heterocycles. The first-order valence-electron chi connectivity index (χ1n) is 12.1. The van der Waals surface area contributed by atoms with Crippen LogP contribution in [0.4, 0.5) is 0 Å². The number of hydrogen-bond acceptors (Lipinski definition) is 6. The van der Waals surface area contributed by atoms with Gasteiger partial charge in [-0.05, 0) is 49.9 Å². The van der Waals surface area contributed by atoms with Crippen LogP contribution in [-0.4, -0.2) is 35.8 Å². The van der Waals surface area contributed by atoms with E-state index in [-0.39, 0.29) is 5.97 Å². The fourth-order valence-electron chi connectivity index (χ4n) is 3.14. The normalized spacial score (nSPS) is 10.8. The summed E-state index contributed by atoms with van der Waals surface area (Å²) in [5, 5.41) is 0. The molecule has 2 aromatic rings. The predicted octanol–water partition coefficient (Wildman–Crippen LogP) is 6.39. The number of rotatable bonds is 17. The summed E-state index contributed by atoms with van der Waals surface area (Å²) in [5.74, 6) is 1.61. The lowest BCUT2D eigenvalue weighted by atomic mass is 10.2. The van der Waals surface area contributed by atoms with Crippen LogP contribution in [0.5, 0.6) is 11.5 Å². The Balaban J connectivity index is 1.65. The van der Waals surface area contributed by atoms with E-state index in [2.05, 4.69) is 23.8 Å². The van der Waals surface area contributed by atoms with Gasteiger partial charge in [0.1, 0.15) is 5.75 Å². The van der Waals surface area contributed by atoms with Crippen molar-refractivity contribution in [2.45, 2.75) is 78.1 Å². The number of carbonyl (C=O) groups excluding carboxylic acids is 1. The molecule has 0 N–H and O–H groups in total. The van der Waals surface area contributed by atoms with Crippen molar-refractivity contribution >= 4 is 5.97 Å². The van der Waals surface area contributed by atoms with Crippen molar-refractivity contribution in [3.63, 3.8) is 0 Å². The van der Waals surface area contributed by atoms with E-state index in [4.69, 9.17) is 14.2 Å². The summed E-state index contributed by atoms with van der Waals surface area (Å²) in [5.41, 5.74) is 0.860. The van der Waals surface area contributed by atoms with Crippen LogP contribution < -0.4 is 9.47 Å². The van der Waals surface area contributed by atoms with Gasteiger partial charge in [-0.15, -0.1) is 0 Å². The minimum absolute atomic E-state index is 0.192. The number of ether oxygens (including phenoxy) is 3. The van der Waals surface area contributed by atoms with Crippen LogP contribution in [0, 0.1) is 0 Å². The van der Waals surface area contributed by atoms with E-state index in [1.165, 1.54) is 19.3 Å². The average molecular weight is 443 g/mol. The van der Waals surface area contributed by atoms with Crippen molar-refractivity contribution < 1.29 is 19.0 Å². The van der Waals surface area contributed by atoms with Gasteiger partial charge in [0.15, 0.2) is 11.6 Å². The molecule has 2 rings (SSSR count). The zero-order valence-corrected chi connectivity index (χ0v) is 19.7. The Morgan fingerprint density at radius 2 is 1.38 bits per heavy atom. The summed E-state index contributed by atoms with van der Waals surface area (Å²) in [6.45, 7) is 6.60. The van der Waals surface area contributed by atoms with Gasteiger partial charge in [-0.1, -0.05) is 46.0 Å². The maximum absolute atomic E-state index is 11.8. The van der Waals surface area contributed by atoms with Gasteiger partial charge in [-0.2, -0.15) is 0 Å². The summed E-state index contributed by atoms with van der Waals surface area (Å²) in [4.78, 5) is 20.6. The highest BCUT2D eigenvalue weighted by atomic mass is 16.5.